The topological polar surface area (TPSA) is 93.8 Å². The third kappa shape index (κ3) is 6.45. The van der Waals surface area contributed by atoms with Gasteiger partial charge in [0, 0.05) is 45.7 Å². The van der Waals surface area contributed by atoms with Gasteiger partial charge in [0.05, 0.1) is 0 Å². The molecule has 0 aliphatic carbocycles. The van der Waals surface area contributed by atoms with Crippen molar-refractivity contribution in [3.05, 3.63) is 0 Å². The molecule has 0 unspecified atom stereocenters. The van der Waals surface area contributed by atoms with Gasteiger partial charge < -0.3 is 20.9 Å². The van der Waals surface area contributed by atoms with E-state index in [0.29, 0.717) is 19.4 Å². The number of hydrogen-bond donors (Lipinski definition) is 3. The van der Waals surface area contributed by atoms with Crippen LogP contribution in [0.4, 0.5) is 4.79 Å². The SMILES string of the molecule is CC1(C)NC(=O)N(CCCC(=O)NCCCN2CCNCC2)C1=O.Cl. The standard InChI is InChI=1S/C16H29N5O3.ClH/c1-16(2)14(23)21(15(24)19-16)10-3-5-13(22)18-6-4-9-20-11-7-17-8-12-20;/h17H,3-12H2,1-2H3,(H,18,22)(H,19,24);1H. The molecule has 2 heterocycles. The number of nitrogens with one attached hydrogen (secondary N) is 3. The van der Waals surface area contributed by atoms with Crippen LogP contribution in [0.5, 0.6) is 0 Å². The molecule has 144 valence electrons. The molecule has 2 saturated heterocycles. The lowest BCUT2D eigenvalue weighted by molar-refractivity contribution is -0.130. The van der Waals surface area contributed by atoms with Crippen molar-refractivity contribution in [1.29, 1.82) is 0 Å². The second-order valence-corrected chi connectivity index (χ2v) is 6.91. The largest absolute Gasteiger partial charge is 0.356 e. The number of hydrogen-bond acceptors (Lipinski definition) is 5. The molecule has 2 aliphatic rings. The molecule has 0 atom stereocenters. The zero-order valence-corrected chi connectivity index (χ0v) is 15.9. The number of nitrogens with zero attached hydrogens (tertiary/aromatic N) is 2. The van der Waals surface area contributed by atoms with Gasteiger partial charge in [-0.1, -0.05) is 0 Å². The monoisotopic (exact) mass is 375 g/mol. The Balaban J connectivity index is 0.00000312. The van der Waals surface area contributed by atoms with E-state index >= 15 is 0 Å². The minimum atomic E-state index is -0.844. The van der Waals surface area contributed by atoms with Gasteiger partial charge in [0.25, 0.3) is 5.91 Å². The summed E-state index contributed by atoms with van der Waals surface area (Å²) in [6, 6.07) is -0.374. The Morgan fingerprint density at radius 2 is 1.84 bits per heavy atom. The maximum absolute atomic E-state index is 12.0. The lowest BCUT2D eigenvalue weighted by atomic mass is 10.1. The Labute approximate surface area is 155 Å². The Bertz CT molecular complexity index is 480. The molecule has 2 fully saturated rings. The van der Waals surface area contributed by atoms with E-state index in [0.717, 1.165) is 39.1 Å². The predicted molar refractivity (Wildman–Crippen MR) is 97.7 cm³/mol. The summed E-state index contributed by atoms with van der Waals surface area (Å²) in [5.74, 6) is -0.259. The number of amides is 4. The maximum Gasteiger partial charge on any atom is 0.325 e. The van der Waals surface area contributed by atoms with Crippen molar-refractivity contribution in [2.24, 2.45) is 0 Å². The summed E-state index contributed by atoms with van der Waals surface area (Å²) in [6.45, 7) is 9.50. The Morgan fingerprint density at radius 3 is 2.44 bits per heavy atom. The van der Waals surface area contributed by atoms with Crippen LogP contribution in [0.15, 0.2) is 0 Å². The van der Waals surface area contributed by atoms with Crippen molar-refractivity contribution in [3.63, 3.8) is 0 Å². The van der Waals surface area contributed by atoms with Crippen molar-refractivity contribution in [3.8, 4) is 0 Å². The van der Waals surface area contributed by atoms with Gasteiger partial charge in [0.15, 0.2) is 0 Å². The molecule has 0 saturated carbocycles. The predicted octanol–water partition coefficient (Wildman–Crippen LogP) is -0.0697. The molecule has 8 nitrogen and oxygen atoms in total. The second-order valence-electron chi connectivity index (χ2n) is 6.91. The second kappa shape index (κ2) is 9.94. The Hall–Kier alpha value is -1.38. The summed E-state index contributed by atoms with van der Waals surface area (Å²) in [7, 11) is 0. The van der Waals surface area contributed by atoms with Crippen LogP contribution >= 0.6 is 12.4 Å². The van der Waals surface area contributed by atoms with Crippen LogP contribution in [-0.4, -0.2) is 79.0 Å². The fourth-order valence-electron chi connectivity index (χ4n) is 2.97. The summed E-state index contributed by atoms with van der Waals surface area (Å²) in [6.07, 6.45) is 1.75. The number of carbonyl (C=O) groups excluding carboxylic acids is 3. The molecule has 2 aliphatic heterocycles. The first-order chi connectivity index (χ1) is 11.4. The average Bonchev–Trinajstić information content (AvgIpc) is 2.74. The summed E-state index contributed by atoms with van der Waals surface area (Å²) < 4.78 is 0. The molecule has 2 rings (SSSR count). The fourth-order valence-corrected chi connectivity index (χ4v) is 2.97. The van der Waals surface area contributed by atoms with Crippen molar-refractivity contribution < 1.29 is 14.4 Å². The fraction of sp³-hybridized carbons (Fsp3) is 0.812. The minimum Gasteiger partial charge on any atom is -0.356 e. The van der Waals surface area contributed by atoms with Gasteiger partial charge in [-0.2, -0.15) is 0 Å². The van der Waals surface area contributed by atoms with E-state index in [9.17, 15) is 14.4 Å². The van der Waals surface area contributed by atoms with Crippen molar-refractivity contribution in [1.82, 2.24) is 25.8 Å². The van der Waals surface area contributed by atoms with Crippen LogP contribution in [0.2, 0.25) is 0 Å². The molecule has 25 heavy (non-hydrogen) atoms. The molecular weight excluding hydrogens is 346 g/mol. The van der Waals surface area contributed by atoms with Gasteiger partial charge in [0.2, 0.25) is 5.91 Å². The molecule has 0 radical (unpaired) electrons. The van der Waals surface area contributed by atoms with Gasteiger partial charge >= 0.3 is 6.03 Å². The first-order valence-electron chi connectivity index (χ1n) is 8.74. The third-order valence-corrected chi connectivity index (χ3v) is 4.41. The molecule has 9 heteroatoms. The third-order valence-electron chi connectivity index (χ3n) is 4.41. The number of rotatable bonds is 8. The highest BCUT2D eigenvalue weighted by atomic mass is 35.5. The number of urea groups is 1. The molecule has 0 spiro atoms. The van der Waals surface area contributed by atoms with Gasteiger partial charge in [0.1, 0.15) is 5.54 Å². The quantitative estimate of drug-likeness (QED) is 0.408. The van der Waals surface area contributed by atoms with E-state index in [4.69, 9.17) is 0 Å². The maximum atomic E-state index is 12.0. The molecular formula is C16H30ClN5O3. The first-order valence-corrected chi connectivity index (χ1v) is 8.74. The van der Waals surface area contributed by atoms with Crippen LogP contribution in [0.3, 0.4) is 0 Å². The number of halogens is 1. The highest BCUT2D eigenvalue weighted by molar-refractivity contribution is 6.06. The molecule has 3 N–H and O–H groups in total. The Morgan fingerprint density at radius 1 is 1.16 bits per heavy atom. The van der Waals surface area contributed by atoms with Crippen molar-refractivity contribution in [2.75, 3.05) is 45.8 Å². The first kappa shape index (κ1) is 21.7. The van der Waals surface area contributed by atoms with Crippen LogP contribution in [0.1, 0.15) is 33.1 Å². The van der Waals surface area contributed by atoms with E-state index in [1.807, 2.05) is 0 Å². The van der Waals surface area contributed by atoms with E-state index in [2.05, 4.69) is 20.9 Å². The van der Waals surface area contributed by atoms with Crippen molar-refractivity contribution >= 4 is 30.3 Å². The number of carbonyl (C=O) groups is 3. The number of imide groups is 1. The van der Waals surface area contributed by atoms with E-state index in [1.165, 1.54) is 4.90 Å². The molecule has 0 bridgehead atoms. The molecule has 0 aromatic rings. The van der Waals surface area contributed by atoms with E-state index in [-0.39, 0.29) is 36.8 Å². The number of piperazine rings is 1. The zero-order valence-electron chi connectivity index (χ0n) is 15.1. The highest BCUT2D eigenvalue weighted by Crippen LogP contribution is 2.16. The zero-order chi connectivity index (χ0) is 17.6. The average molecular weight is 376 g/mol. The molecule has 0 aromatic carbocycles. The minimum absolute atomic E-state index is 0. The van der Waals surface area contributed by atoms with Crippen LogP contribution < -0.4 is 16.0 Å². The van der Waals surface area contributed by atoms with Gasteiger partial charge in [-0.25, -0.2) is 4.79 Å². The lowest BCUT2D eigenvalue weighted by Gasteiger charge is -2.27. The molecule has 4 amide bonds. The van der Waals surface area contributed by atoms with E-state index in [1.54, 1.807) is 13.8 Å². The van der Waals surface area contributed by atoms with Gasteiger partial charge in [-0.05, 0) is 33.2 Å². The van der Waals surface area contributed by atoms with Gasteiger partial charge in [-0.15, -0.1) is 12.4 Å². The summed E-state index contributed by atoms with van der Waals surface area (Å²) in [4.78, 5) is 39.1. The lowest BCUT2D eigenvalue weighted by Crippen LogP contribution is -2.44. The highest BCUT2D eigenvalue weighted by Gasteiger charge is 2.43. The van der Waals surface area contributed by atoms with E-state index < -0.39 is 5.54 Å². The van der Waals surface area contributed by atoms with Crippen LogP contribution in [0.25, 0.3) is 0 Å². The van der Waals surface area contributed by atoms with Crippen LogP contribution in [0, 0.1) is 0 Å². The van der Waals surface area contributed by atoms with Crippen LogP contribution in [-0.2, 0) is 9.59 Å². The summed E-state index contributed by atoms with van der Waals surface area (Å²) in [5, 5.41) is 8.85. The van der Waals surface area contributed by atoms with Crippen molar-refractivity contribution in [2.45, 2.75) is 38.6 Å². The summed E-state index contributed by atoms with van der Waals surface area (Å²) in [5.41, 5.74) is -0.844. The normalized spacial score (nSPS) is 20.2. The van der Waals surface area contributed by atoms with Gasteiger partial charge in [-0.3, -0.25) is 14.5 Å². The smallest absolute Gasteiger partial charge is 0.325 e. The summed E-state index contributed by atoms with van der Waals surface area (Å²) >= 11 is 0. The molecule has 0 aromatic heterocycles. The Kier molecular flexibility index (Phi) is 8.61.